The Kier molecular flexibility index (Phi) is 4.40. The van der Waals surface area contributed by atoms with E-state index < -0.39 is 0 Å². The van der Waals surface area contributed by atoms with E-state index in [0.29, 0.717) is 0 Å². The van der Waals surface area contributed by atoms with Gasteiger partial charge in [0.2, 0.25) is 0 Å². The molecule has 0 aromatic heterocycles. The van der Waals surface area contributed by atoms with Crippen molar-refractivity contribution in [1.29, 1.82) is 0 Å². The molecule has 0 saturated carbocycles. The van der Waals surface area contributed by atoms with Crippen LogP contribution in [0.15, 0.2) is 60.7 Å². The van der Waals surface area contributed by atoms with E-state index in [0.717, 1.165) is 0 Å². The van der Waals surface area contributed by atoms with Crippen LogP contribution in [0.1, 0.15) is 0 Å². The summed E-state index contributed by atoms with van der Waals surface area (Å²) < 4.78 is 4.50. The third-order valence-corrected chi connectivity index (χ3v) is 6.45. The summed E-state index contributed by atoms with van der Waals surface area (Å²) in [6.45, 7) is 0. The SMILES string of the molecule is [Sn][N](c1ccccc1)[N]([Sn])c1ccccc1. The zero-order valence-electron chi connectivity index (χ0n) is 8.67. The van der Waals surface area contributed by atoms with Crippen molar-refractivity contribution < 1.29 is 0 Å². The molecule has 0 bridgehead atoms. The number of hydrogen-bond acceptors (Lipinski definition) is 2. The van der Waals surface area contributed by atoms with Crippen LogP contribution in [-0.4, -0.2) is 45.6 Å². The van der Waals surface area contributed by atoms with E-state index in [4.69, 9.17) is 0 Å². The number of nitrogens with zero attached hydrogens (tertiary/aromatic N) is 2. The van der Waals surface area contributed by atoms with Crippen LogP contribution in [0.25, 0.3) is 0 Å². The van der Waals surface area contributed by atoms with Crippen molar-refractivity contribution in [2.45, 2.75) is 0 Å². The second-order valence-electron chi connectivity index (χ2n) is 3.29. The maximum atomic E-state index is 2.25. The van der Waals surface area contributed by atoms with Crippen LogP contribution in [0.5, 0.6) is 0 Å². The average molecular weight is 420 g/mol. The van der Waals surface area contributed by atoms with Gasteiger partial charge in [-0.15, -0.1) is 0 Å². The Hall–Kier alpha value is -0.363. The molecular formula is C12H10N2Sn2. The normalized spacial score (nSPS) is 9.88. The zero-order chi connectivity index (χ0) is 11.4. The fourth-order valence-corrected chi connectivity index (χ4v) is 2.88. The Morgan fingerprint density at radius 2 is 0.875 bits per heavy atom. The van der Waals surface area contributed by atoms with Crippen molar-refractivity contribution in [1.82, 2.24) is 0 Å². The molecule has 0 heterocycles. The first-order valence-electron chi connectivity index (χ1n) is 4.92. The fourth-order valence-electron chi connectivity index (χ4n) is 1.37. The molecule has 0 N–H and O–H groups in total. The van der Waals surface area contributed by atoms with Crippen LogP contribution in [0.2, 0.25) is 0 Å². The van der Waals surface area contributed by atoms with Gasteiger partial charge in [-0.3, -0.25) is 0 Å². The summed E-state index contributed by atoms with van der Waals surface area (Å²) in [5.41, 5.74) is 2.47. The molecule has 0 saturated heterocycles. The van der Waals surface area contributed by atoms with Crippen molar-refractivity contribution in [3.8, 4) is 0 Å². The van der Waals surface area contributed by atoms with Gasteiger partial charge in [-0.1, -0.05) is 0 Å². The summed E-state index contributed by atoms with van der Waals surface area (Å²) in [5.74, 6) is 0. The second kappa shape index (κ2) is 5.81. The van der Waals surface area contributed by atoms with Gasteiger partial charge in [0, 0.05) is 0 Å². The molecule has 76 valence electrons. The van der Waals surface area contributed by atoms with Gasteiger partial charge in [0.05, 0.1) is 0 Å². The van der Waals surface area contributed by atoms with Gasteiger partial charge in [-0.05, 0) is 0 Å². The van der Waals surface area contributed by atoms with Crippen LogP contribution < -0.4 is 6.46 Å². The summed E-state index contributed by atoms with van der Waals surface area (Å²) in [6, 6.07) is 20.9. The minimum atomic E-state index is 1.24. The Bertz CT molecular complexity index is 390. The fraction of sp³-hybridized carbons (Fsp3) is 0. The van der Waals surface area contributed by atoms with E-state index in [-0.39, 0.29) is 0 Å². The Morgan fingerprint density at radius 3 is 1.19 bits per heavy atom. The molecule has 0 aliphatic carbocycles. The summed E-state index contributed by atoms with van der Waals surface area (Å²) in [5, 5.41) is 0. The van der Waals surface area contributed by atoms with Gasteiger partial charge in [-0.2, -0.15) is 0 Å². The predicted octanol–water partition coefficient (Wildman–Crippen LogP) is 2.08. The van der Waals surface area contributed by atoms with Crippen LogP contribution in [0.3, 0.4) is 0 Å². The monoisotopic (exact) mass is 422 g/mol. The molecule has 4 heteroatoms. The standard InChI is InChI=1S/C12H10N2.2Sn/c1-3-7-11(8-4-1)13-14-12-9-5-2-6-10-12;;/h1-10H;;/q-2;2*+1. The van der Waals surface area contributed by atoms with E-state index in [1.165, 1.54) is 57.0 Å². The molecule has 16 heavy (non-hydrogen) atoms. The molecule has 0 atom stereocenters. The summed E-state index contributed by atoms with van der Waals surface area (Å²) in [7, 11) is 0. The zero-order valence-corrected chi connectivity index (χ0v) is 14.4. The summed E-state index contributed by atoms with van der Waals surface area (Å²) in [4.78, 5) is 0. The van der Waals surface area contributed by atoms with Crippen molar-refractivity contribution >= 4 is 57.0 Å². The molecule has 0 unspecified atom stereocenters. The number of hydrazine groups is 1. The molecule has 0 spiro atoms. The van der Waals surface area contributed by atoms with E-state index >= 15 is 0 Å². The van der Waals surface area contributed by atoms with Crippen LogP contribution in [0, 0.1) is 0 Å². The molecule has 2 aromatic carbocycles. The Morgan fingerprint density at radius 1 is 0.562 bits per heavy atom. The van der Waals surface area contributed by atoms with Crippen LogP contribution >= 0.6 is 0 Å². The topological polar surface area (TPSA) is 6.48 Å². The molecule has 6 radical (unpaired) electrons. The van der Waals surface area contributed by atoms with Crippen molar-refractivity contribution in [3.63, 3.8) is 0 Å². The third kappa shape index (κ3) is 2.85. The van der Waals surface area contributed by atoms with E-state index in [9.17, 15) is 0 Å². The number of hydrogen-bond donors (Lipinski definition) is 0. The van der Waals surface area contributed by atoms with Gasteiger partial charge < -0.3 is 0 Å². The molecule has 0 aliphatic heterocycles. The molecule has 2 nitrogen and oxygen atoms in total. The van der Waals surface area contributed by atoms with E-state index in [2.05, 4.69) is 55.0 Å². The summed E-state index contributed by atoms with van der Waals surface area (Å²) >= 11 is 2.73. The van der Waals surface area contributed by atoms with Crippen molar-refractivity contribution in [2.75, 3.05) is 6.46 Å². The third-order valence-electron chi connectivity index (χ3n) is 2.20. The Labute approximate surface area is 123 Å². The van der Waals surface area contributed by atoms with Crippen LogP contribution in [-0.2, 0) is 0 Å². The molecule has 0 amide bonds. The first-order chi connectivity index (χ1) is 7.79. The van der Waals surface area contributed by atoms with Crippen LogP contribution in [0.4, 0.5) is 11.4 Å². The number of para-hydroxylation sites is 2. The minimum absolute atomic E-state index is 1.24. The average Bonchev–Trinajstić information content (AvgIpc) is 2.39. The molecular weight excluding hydrogens is 410 g/mol. The predicted molar refractivity (Wildman–Crippen MR) is 69.4 cm³/mol. The maximum absolute atomic E-state index is 2.25. The molecule has 2 aromatic rings. The second-order valence-corrected chi connectivity index (χ2v) is 5.71. The number of rotatable bonds is 3. The Balaban J connectivity index is 2.20. The molecule has 0 fully saturated rings. The van der Waals surface area contributed by atoms with E-state index in [1.54, 1.807) is 0 Å². The number of benzene rings is 2. The van der Waals surface area contributed by atoms with Gasteiger partial charge in [0.15, 0.2) is 0 Å². The first kappa shape index (κ1) is 12.1. The quantitative estimate of drug-likeness (QED) is 0.555. The van der Waals surface area contributed by atoms with Gasteiger partial charge >= 0.3 is 124 Å². The van der Waals surface area contributed by atoms with Gasteiger partial charge in [0.1, 0.15) is 0 Å². The van der Waals surface area contributed by atoms with Crippen molar-refractivity contribution in [2.24, 2.45) is 0 Å². The molecule has 2 rings (SSSR count). The summed E-state index contributed by atoms with van der Waals surface area (Å²) in [6.07, 6.45) is 0. The van der Waals surface area contributed by atoms with Gasteiger partial charge in [-0.25, -0.2) is 0 Å². The molecule has 0 aliphatic rings. The van der Waals surface area contributed by atoms with E-state index in [1.807, 2.05) is 12.1 Å². The van der Waals surface area contributed by atoms with Gasteiger partial charge in [0.25, 0.3) is 0 Å². The number of anilines is 2. The van der Waals surface area contributed by atoms with Crippen molar-refractivity contribution in [3.05, 3.63) is 60.7 Å². The first-order valence-corrected chi connectivity index (χ1v) is 7.47.